The maximum absolute atomic E-state index is 4.68. The molecule has 1 unspecified atom stereocenters. The molecule has 0 spiro atoms. The van der Waals surface area contributed by atoms with Crippen LogP contribution in [0, 0.1) is 6.92 Å². The molecule has 0 bridgehead atoms. The van der Waals surface area contributed by atoms with Crippen molar-refractivity contribution in [2.45, 2.75) is 26.3 Å². The van der Waals surface area contributed by atoms with Gasteiger partial charge >= 0.3 is 0 Å². The fourth-order valence-electron chi connectivity index (χ4n) is 3.22. The summed E-state index contributed by atoms with van der Waals surface area (Å²) in [6.45, 7) is 4.26. The number of hydrogen-bond acceptors (Lipinski definition) is 5. The van der Waals surface area contributed by atoms with Gasteiger partial charge in [0, 0.05) is 16.2 Å². The Kier molecular flexibility index (Phi) is 4.13. The number of nitrogens with zero attached hydrogens (tertiary/aromatic N) is 4. The highest BCUT2D eigenvalue weighted by Crippen LogP contribution is 2.37. The average Bonchev–Trinajstić information content (AvgIpc) is 2.93. The summed E-state index contributed by atoms with van der Waals surface area (Å²) in [5.41, 5.74) is 4.63. The van der Waals surface area contributed by atoms with E-state index in [1.165, 1.54) is 16.8 Å². The highest BCUT2D eigenvalue weighted by Gasteiger charge is 2.28. The minimum atomic E-state index is 0.341. The first kappa shape index (κ1) is 16.0. The van der Waals surface area contributed by atoms with Gasteiger partial charge in [0.2, 0.25) is 5.95 Å². The topological polar surface area (TPSA) is 53.9 Å². The van der Waals surface area contributed by atoms with Crippen LogP contribution in [0.2, 0.25) is 0 Å². The Morgan fingerprint density at radius 3 is 2.88 bits per heavy atom. The lowest BCUT2D eigenvalue weighted by Crippen LogP contribution is -2.25. The van der Waals surface area contributed by atoms with Crippen molar-refractivity contribution in [3.8, 4) is 0 Å². The molecule has 1 atom stereocenters. The summed E-state index contributed by atoms with van der Waals surface area (Å²) in [5.74, 6) is 1.29. The predicted molar refractivity (Wildman–Crippen MR) is 104 cm³/mol. The zero-order chi connectivity index (χ0) is 17.4. The van der Waals surface area contributed by atoms with Gasteiger partial charge in [0.05, 0.1) is 11.9 Å². The van der Waals surface area contributed by atoms with Crippen LogP contribution in [0.25, 0.3) is 0 Å². The van der Waals surface area contributed by atoms with Crippen molar-refractivity contribution >= 4 is 39.1 Å². The highest BCUT2D eigenvalue weighted by molar-refractivity contribution is 9.10. The summed E-state index contributed by atoms with van der Waals surface area (Å²) in [4.78, 5) is 6.90. The normalized spacial score (nSPS) is 16.0. The zero-order valence-electron chi connectivity index (χ0n) is 14.1. The molecule has 4 rings (SSSR count). The number of anilines is 4. The number of hydrogen-bond donors (Lipinski definition) is 1. The van der Waals surface area contributed by atoms with Gasteiger partial charge in [0.15, 0.2) is 5.82 Å². The molecule has 0 fully saturated rings. The fourth-order valence-corrected chi connectivity index (χ4v) is 3.81. The minimum absolute atomic E-state index is 0.341. The third-order valence-corrected chi connectivity index (χ3v) is 5.03. The van der Waals surface area contributed by atoms with Crippen molar-refractivity contribution in [1.82, 2.24) is 15.2 Å². The molecule has 0 radical (unpaired) electrons. The van der Waals surface area contributed by atoms with Crippen molar-refractivity contribution in [3.05, 3.63) is 64.3 Å². The van der Waals surface area contributed by atoms with Gasteiger partial charge in [-0.15, -0.1) is 5.10 Å². The zero-order valence-corrected chi connectivity index (χ0v) is 15.7. The number of rotatable bonds is 3. The average molecular weight is 396 g/mol. The summed E-state index contributed by atoms with van der Waals surface area (Å²) >= 11 is 3.57. The molecule has 6 heteroatoms. The van der Waals surface area contributed by atoms with Crippen LogP contribution in [0.15, 0.2) is 53.1 Å². The second-order valence-electron chi connectivity index (χ2n) is 6.30. The van der Waals surface area contributed by atoms with E-state index in [2.05, 4.69) is 85.5 Å². The summed E-state index contributed by atoms with van der Waals surface area (Å²) in [6.07, 6.45) is 2.72. The van der Waals surface area contributed by atoms with Crippen LogP contribution >= 0.6 is 15.9 Å². The fraction of sp³-hybridized carbons (Fsp3) is 0.211. The molecule has 0 aliphatic carbocycles. The number of halogens is 1. The molecular weight excluding hydrogens is 378 g/mol. The van der Waals surface area contributed by atoms with Gasteiger partial charge in [-0.2, -0.15) is 10.1 Å². The number of aromatic nitrogens is 3. The minimum Gasteiger partial charge on any atom is -0.322 e. The lowest BCUT2D eigenvalue weighted by molar-refractivity contribution is 0.745. The molecule has 1 aliphatic rings. The van der Waals surface area contributed by atoms with E-state index in [9.17, 15) is 0 Å². The van der Waals surface area contributed by atoms with Crippen molar-refractivity contribution < 1.29 is 0 Å². The van der Waals surface area contributed by atoms with Crippen LogP contribution in [0.1, 0.15) is 18.1 Å². The monoisotopic (exact) mass is 395 g/mol. The Labute approximate surface area is 155 Å². The van der Waals surface area contributed by atoms with E-state index in [1.54, 1.807) is 6.20 Å². The van der Waals surface area contributed by atoms with Crippen LogP contribution in [0.3, 0.4) is 0 Å². The molecule has 5 nitrogen and oxygen atoms in total. The Bertz CT molecular complexity index is 927. The predicted octanol–water partition coefficient (Wildman–Crippen LogP) is 4.77. The molecule has 1 aliphatic heterocycles. The van der Waals surface area contributed by atoms with Gasteiger partial charge in [-0.25, -0.2) is 0 Å². The van der Waals surface area contributed by atoms with Crippen molar-refractivity contribution in [1.29, 1.82) is 0 Å². The first-order valence-corrected chi connectivity index (χ1v) is 9.01. The van der Waals surface area contributed by atoms with Gasteiger partial charge in [-0.1, -0.05) is 24.3 Å². The molecular formula is C19H18BrN5. The standard InChI is InChI=1S/C19H18BrN5/c1-12-7-8-16(15(20)9-12)22-19-23-18(11-21-24-19)25-13(2)10-14-5-3-4-6-17(14)25/h3-9,11,13H,10H2,1-2H3,(H,22,23,24). The maximum Gasteiger partial charge on any atom is 0.249 e. The molecule has 1 N–H and O–H groups in total. The third-order valence-electron chi connectivity index (χ3n) is 4.37. The van der Waals surface area contributed by atoms with Gasteiger partial charge < -0.3 is 10.2 Å². The second-order valence-corrected chi connectivity index (χ2v) is 7.15. The van der Waals surface area contributed by atoms with Gasteiger partial charge in [-0.05, 0) is 65.5 Å². The Balaban J connectivity index is 1.66. The first-order chi connectivity index (χ1) is 12.1. The number of nitrogens with one attached hydrogen (secondary N) is 1. The third kappa shape index (κ3) is 3.09. The van der Waals surface area contributed by atoms with E-state index in [0.717, 1.165) is 22.4 Å². The van der Waals surface area contributed by atoms with Crippen molar-refractivity contribution in [2.75, 3.05) is 10.2 Å². The molecule has 25 heavy (non-hydrogen) atoms. The van der Waals surface area contributed by atoms with E-state index >= 15 is 0 Å². The second kappa shape index (κ2) is 6.44. The van der Waals surface area contributed by atoms with Crippen LogP contribution in [-0.4, -0.2) is 21.2 Å². The number of aryl methyl sites for hydroxylation is 1. The summed E-state index contributed by atoms with van der Waals surface area (Å²) in [7, 11) is 0. The van der Waals surface area contributed by atoms with Gasteiger partial charge in [0.25, 0.3) is 0 Å². The van der Waals surface area contributed by atoms with Crippen molar-refractivity contribution in [3.63, 3.8) is 0 Å². The van der Waals surface area contributed by atoms with E-state index in [-0.39, 0.29) is 0 Å². The molecule has 126 valence electrons. The summed E-state index contributed by atoms with van der Waals surface area (Å²) < 4.78 is 0.974. The lowest BCUT2D eigenvalue weighted by atomic mass is 10.1. The number of benzene rings is 2. The SMILES string of the molecule is Cc1ccc(Nc2nncc(N3c4ccccc4CC3C)n2)c(Br)c1. The molecule has 1 aromatic heterocycles. The van der Waals surface area contributed by atoms with Gasteiger partial charge in [-0.3, -0.25) is 0 Å². The van der Waals surface area contributed by atoms with E-state index in [4.69, 9.17) is 0 Å². The molecule has 0 amide bonds. The lowest BCUT2D eigenvalue weighted by Gasteiger charge is -2.23. The maximum atomic E-state index is 4.68. The molecule has 3 aromatic rings. The van der Waals surface area contributed by atoms with Gasteiger partial charge in [0.1, 0.15) is 0 Å². The Morgan fingerprint density at radius 1 is 1.20 bits per heavy atom. The number of fused-ring (bicyclic) bond motifs is 1. The molecule has 0 saturated heterocycles. The highest BCUT2D eigenvalue weighted by atomic mass is 79.9. The van der Waals surface area contributed by atoms with E-state index < -0.39 is 0 Å². The molecule has 0 saturated carbocycles. The van der Waals surface area contributed by atoms with Crippen LogP contribution < -0.4 is 10.2 Å². The molecule has 2 aromatic carbocycles. The van der Waals surface area contributed by atoms with Crippen LogP contribution in [-0.2, 0) is 6.42 Å². The molecule has 2 heterocycles. The summed E-state index contributed by atoms with van der Waals surface area (Å²) in [5, 5.41) is 11.5. The quantitative estimate of drug-likeness (QED) is 0.691. The van der Waals surface area contributed by atoms with E-state index in [1.807, 2.05) is 12.1 Å². The smallest absolute Gasteiger partial charge is 0.249 e. The first-order valence-electron chi connectivity index (χ1n) is 8.22. The number of para-hydroxylation sites is 1. The summed E-state index contributed by atoms with van der Waals surface area (Å²) in [6, 6.07) is 14.9. The largest absolute Gasteiger partial charge is 0.322 e. The Morgan fingerprint density at radius 2 is 2.04 bits per heavy atom. The van der Waals surface area contributed by atoms with E-state index in [0.29, 0.717) is 12.0 Å². The van der Waals surface area contributed by atoms with Crippen LogP contribution in [0.4, 0.5) is 23.1 Å². The Hall–Kier alpha value is -2.47. The van der Waals surface area contributed by atoms with Crippen LogP contribution in [0.5, 0.6) is 0 Å². The van der Waals surface area contributed by atoms with Crippen molar-refractivity contribution in [2.24, 2.45) is 0 Å².